The number of nitrogens with one attached hydrogen (secondary N) is 1. The van der Waals surface area contributed by atoms with Crippen molar-refractivity contribution in [2.75, 3.05) is 6.54 Å². The summed E-state index contributed by atoms with van der Waals surface area (Å²) in [6.07, 6.45) is 4.44. The topological polar surface area (TPSA) is 37.8 Å². The zero-order valence-electron chi connectivity index (χ0n) is 12.4. The van der Waals surface area contributed by atoms with E-state index < -0.39 is 0 Å². The van der Waals surface area contributed by atoms with Crippen molar-refractivity contribution in [1.29, 1.82) is 0 Å². The van der Waals surface area contributed by atoms with E-state index in [0.717, 1.165) is 23.3 Å². The van der Waals surface area contributed by atoms with E-state index in [-0.39, 0.29) is 0 Å². The Balaban J connectivity index is 2.10. The average molecular weight is 279 g/mol. The van der Waals surface area contributed by atoms with Gasteiger partial charge in [0, 0.05) is 23.2 Å². The molecule has 4 atom stereocenters. The predicted octanol–water partition coefficient (Wildman–Crippen LogP) is 3.29. The highest BCUT2D eigenvalue weighted by molar-refractivity contribution is 7.99. The molecule has 0 spiro atoms. The predicted molar refractivity (Wildman–Crippen MR) is 81.4 cm³/mol. The summed E-state index contributed by atoms with van der Waals surface area (Å²) in [4.78, 5) is 8.95. The number of hydrogen-bond donors (Lipinski definition) is 1. The summed E-state index contributed by atoms with van der Waals surface area (Å²) in [5, 5.41) is 5.16. The van der Waals surface area contributed by atoms with Crippen LogP contribution in [0, 0.1) is 18.8 Å². The molecule has 0 saturated heterocycles. The summed E-state index contributed by atoms with van der Waals surface area (Å²) in [5.41, 5.74) is 1.05. The molecule has 1 aliphatic rings. The third-order valence-electron chi connectivity index (χ3n) is 3.87. The molecule has 1 aliphatic carbocycles. The van der Waals surface area contributed by atoms with E-state index in [0.29, 0.717) is 17.2 Å². The van der Waals surface area contributed by atoms with Gasteiger partial charge in [-0.05, 0) is 44.2 Å². The fourth-order valence-corrected chi connectivity index (χ4v) is 4.37. The second kappa shape index (κ2) is 6.71. The molecule has 0 amide bonds. The van der Waals surface area contributed by atoms with Gasteiger partial charge in [-0.15, -0.1) is 0 Å². The van der Waals surface area contributed by atoms with Crippen LogP contribution >= 0.6 is 11.8 Å². The van der Waals surface area contributed by atoms with Crippen LogP contribution in [0.25, 0.3) is 0 Å². The van der Waals surface area contributed by atoms with Crippen LogP contribution in [-0.2, 0) is 0 Å². The van der Waals surface area contributed by atoms with Crippen LogP contribution < -0.4 is 5.32 Å². The Bertz CT molecular complexity index is 410. The molecule has 4 heteroatoms. The fourth-order valence-electron chi connectivity index (χ4n) is 3.09. The van der Waals surface area contributed by atoms with E-state index in [1.165, 1.54) is 12.8 Å². The van der Waals surface area contributed by atoms with Gasteiger partial charge in [-0.1, -0.05) is 32.5 Å². The number of rotatable bonds is 4. The molecule has 1 aromatic rings. The van der Waals surface area contributed by atoms with E-state index in [1.54, 1.807) is 0 Å². The molecule has 0 radical (unpaired) electrons. The summed E-state index contributed by atoms with van der Waals surface area (Å²) < 4.78 is 0. The van der Waals surface area contributed by atoms with Crippen molar-refractivity contribution >= 4 is 11.8 Å². The van der Waals surface area contributed by atoms with Crippen LogP contribution in [-0.4, -0.2) is 27.8 Å². The first-order chi connectivity index (χ1) is 9.10. The van der Waals surface area contributed by atoms with Crippen molar-refractivity contribution in [2.45, 2.75) is 57.0 Å². The van der Waals surface area contributed by atoms with Gasteiger partial charge in [0.1, 0.15) is 0 Å². The summed E-state index contributed by atoms with van der Waals surface area (Å²) in [6, 6.07) is 2.54. The zero-order valence-corrected chi connectivity index (χ0v) is 13.2. The molecule has 106 valence electrons. The second-order valence-corrected chi connectivity index (χ2v) is 6.93. The second-order valence-electron chi connectivity index (χ2n) is 5.78. The summed E-state index contributed by atoms with van der Waals surface area (Å²) in [5.74, 6) is 1.52. The summed E-state index contributed by atoms with van der Waals surface area (Å²) in [6.45, 7) is 9.99. The zero-order chi connectivity index (χ0) is 13.8. The van der Waals surface area contributed by atoms with E-state index in [2.05, 4.69) is 36.1 Å². The lowest BCUT2D eigenvalue weighted by atomic mass is 9.80. The van der Waals surface area contributed by atoms with E-state index in [1.807, 2.05) is 30.9 Å². The Morgan fingerprint density at radius 2 is 2.16 bits per heavy atom. The first kappa shape index (κ1) is 14.8. The van der Waals surface area contributed by atoms with Crippen molar-refractivity contribution < 1.29 is 0 Å². The lowest BCUT2D eigenvalue weighted by Crippen LogP contribution is -2.46. The minimum absolute atomic E-state index is 0.581. The van der Waals surface area contributed by atoms with Crippen LogP contribution in [0.1, 0.15) is 39.3 Å². The molecule has 1 N–H and O–H groups in total. The Kier molecular flexibility index (Phi) is 5.22. The minimum Gasteiger partial charge on any atom is -0.313 e. The maximum absolute atomic E-state index is 4.54. The number of hydrogen-bond acceptors (Lipinski definition) is 4. The van der Waals surface area contributed by atoms with Gasteiger partial charge in [-0.3, -0.25) is 0 Å². The van der Waals surface area contributed by atoms with Crippen molar-refractivity contribution in [3.05, 3.63) is 18.0 Å². The maximum atomic E-state index is 4.54. The number of thioether (sulfide) groups is 1. The monoisotopic (exact) mass is 279 g/mol. The molecule has 4 unspecified atom stereocenters. The number of nitrogens with zero attached hydrogens (tertiary/aromatic N) is 2. The number of aryl methyl sites for hydroxylation is 1. The van der Waals surface area contributed by atoms with E-state index in [9.17, 15) is 0 Å². The fraction of sp³-hybridized carbons (Fsp3) is 0.733. The van der Waals surface area contributed by atoms with Gasteiger partial charge in [0.15, 0.2) is 5.16 Å². The average Bonchev–Trinajstić information content (AvgIpc) is 2.34. The highest BCUT2D eigenvalue weighted by atomic mass is 32.2. The molecule has 2 rings (SSSR count). The molecular formula is C15H25N3S. The third-order valence-corrected chi connectivity index (χ3v) is 5.34. The van der Waals surface area contributed by atoms with Crippen LogP contribution in [0.3, 0.4) is 0 Å². The smallest absolute Gasteiger partial charge is 0.188 e. The van der Waals surface area contributed by atoms with Crippen molar-refractivity contribution in [3.8, 4) is 0 Å². The normalized spacial score (nSPS) is 31.4. The molecule has 0 aromatic carbocycles. The highest BCUT2D eigenvalue weighted by Crippen LogP contribution is 2.38. The first-order valence-electron chi connectivity index (χ1n) is 7.29. The molecule has 0 aliphatic heterocycles. The van der Waals surface area contributed by atoms with Crippen LogP contribution in [0.2, 0.25) is 0 Å². The van der Waals surface area contributed by atoms with E-state index in [4.69, 9.17) is 0 Å². The molecule has 1 fully saturated rings. The molecule has 1 saturated carbocycles. The van der Waals surface area contributed by atoms with Gasteiger partial charge in [-0.2, -0.15) is 0 Å². The lowest BCUT2D eigenvalue weighted by molar-refractivity contribution is 0.251. The van der Waals surface area contributed by atoms with Crippen LogP contribution in [0.5, 0.6) is 0 Å². The van der Waals surface area contributed by atoms with Crippen LogP contribution in [0.15, 0.2) is 17.4 Å². The lowest BCUT2D eigenvalue weighted by Gasteiger charge is -2.39. The standard InChI is InChI=1S/C15H25N3S/c1-5-16-13-9-10(2)8-11(3)14(13)19-15-17-7-6-12(4)18-15/h6-7,10-11,13-14,16H,5,8-9H2,1-4H3. The maximum Gasteiger partial charge on any atom is 0.188 e. The third kappa shape index (κ3) is 3.93. The molecule has 1 aromatic heterocycles. The molecule has 0 bridgehead atoms. The Morgan fingerprint density at radius 3 is 2.84 bits per heavy atom. The minimum atomic E-state index is 0.581. The quantitative estimate of drug-likeness (QED) is 0.858. The SMILES string of the molecule is CCNC1CC(C)CC(C)C1Sc1nccc(C)n1. The Labute approximate surface area is 121 Å². The van der Waals surface area contributed by atoms with Crippen molar-refractivity contribution in [2.24, 2.45) is 11.8 Å². The Hall–Kier alpha value is -0.610. The van der Waals surface area contributed by atoms with E-state index >= 15 is 0 Å². The van der Waals surface area contributed by atoms with Gasteiger partial charge in [0.05, 0.1) is 0 Å². The molecule has 3 nitrogen and oxygen atoms in total. The van der Waals surface area contributed by atoms with Gasteiger partial charge in [0.2, 0.25) is 0 Å². The Morgan fingerprint density at radius 1 is 1.37 bits per heavy atom. The van der Waals surface area contributed by atoms with Crippen LogP contribution in [0.4, 0.5) is 0 Å². The van der Waals surface area contributed by atoms with Crippen molar-refractivity contribution in [1.82, 2.24) is 15.3 Å². The molecule has 1 heterocycles. The van der Waals surface area contributed by atoms with Gasteiger partial charge in [0.25, 0.3) is 0 Å². The molecular weight excluding hydrogens is 254 g/mol. The summed E-state index contributed by atoms with van der Waals surface area (Å²) in [7, 11) is 0. The summed E-state index contributed by atoms with van der Waals surface area (Å²) >= 11 is 1.85. The van der Waals surface area contributed by atoms with Crippen molar-refractivity contribution in [3.63, 3.8) is 0 Å². The largest absolute Gasteiger partial charge is 0.313 e. The number of aromatic nitrogens is 2. The molecule has 19 heavy (non-hydrogen) atoms. The first-order valence-corrected chi connectivity index (χ1v) is 8.17. The van der Waals surface area contributed by atoms with Gasteiger partial charge >= 0.3 is 0 Å². The van der Waals surface area contributed by atoms with Gasteiger partial charge < -0.3 is 5.32 Å². The van der Waals surface area contributed by atoms with Gasteiger partial charge in [-0.25, -0.2) is 9.97 Å². The highest BCUT2D eigenvalue weighted by Gasteiger charge is 2.34.